The fourth-order valence-electron chi connectivity index (χ4n) is 2.21. The number of nitrogens with two attached hydrogens (primary N) is 1. The number of alkyl halides is 3. The normalized spacial score (nSPS) is 12.9. The van der Waals surface area contributed by atoms with Gasteiger partial charge in [0.2, 0.25) is 5.91 Å². The maximum atomic E-state index is 12.7. The van der Waals surface area contributed by atoms with Crippen LogP contribution in [0.15, 0.2) is 35.2 Å². The first-order chi connectivity index (χ1) is 11.7. The van der Waals surface area contributed by atoms with Gasteiger partial charge < -0.3 is 20.2 Å². The fourth-order valence-corrected chi connectivity index (χ4v) is 2.21. The highest BCUT2D eigenvalue weighted by atomic mass is 19.4. The van der Waals surface area contributed by atoms with E-state index in [9.17, 15) is 18.0 Å². The van der Waals surface area contributed by atoms with Crippen molar-refractivity contribution in [3.05, 3.63) is 30.8 Å². The summed E-state index contributed by atoms with van der Waals surface area (Å²) in [6.45, 7) is 3.82. The third kappa shape index (κ3) is 5.49. The van der Waals surface area contributed by atoms with E-state index in [0.29, 0.717) is 6.42 Å². The predicted octanol–water partition coefficient (Wildman–Crippen LogP) is 3.55. The number of hydrogen-bond donors (Lipinski definition) is 2. The van der Waals surface area contributed by atoms with Gasteiger partial charge in [0.1, 0.15) is 5.75 Å². The van der Waals surface area contributed by atoms with Crippen LogP contribution in [0.3, 0.4) is 0 Å². The van der Waals surface area contributed by atoms with Crippen LogP contribution < -0.4 is 15.8 Å². The first kappa shape index (κ1) is 18.8. The smallest absolute Gasteiger partial charge is 0.443 e. The second-order valence-electron chi connectivity index (χ2n) is 5.85. The molecular weight excluding hydrogens is 339 g/mol. The van der Waals surface area contributed by atoms with Crippen molar-refractivity contribution in [1.29, 1.82) is 0 Å². The zero-order chi connectivity index (χ0) is 18.6. The quantitative estimate of drug-likeness (QED) is 0.825. The number of anilines is 1. The van der Waals surface area contributed by atoms with E-state index in [1.54, 1.807) is 0 Å². The van der Waals surface area contributed by atoms with Crippen LogP contribution in [0.5, 0.6) is 5.75 Å². The molecule has 0 saturated heterocycles. The molecule has 0 saturated carbocycles. The Balaban J connectivity index is 2.26. The molecule has 0 aliphatic rings. The van der Waals surface area contributed by atoms with Crippen molar-refractivity contribution < 1.29 is 27.1 Å². The molecule has 0 aliphatic heterocycles. The van der Waals surface area contributed by atoms with Crippen molar-refractivity contribution in [2.24, 2.45) is 11.7 Å². The van der Waals surface area contributed by atoms with Crippen LogP contribution in [-0.2, 0) is 4.79 Å². The lowest BCUT2D eigenvalue weighted by Crippen LogP contribution is -2.36. The van der Waals surface area contributed by atoms with Crippen LogP contribution in [0.2, 0.25) is 0 Å². The maximum absolute atomic E-state index is 12.7. The highest BCUT2D eigenvalue weighted by Crippen LogP contribution is 2.35. The molecule has 1 heterocycles. The van der Waals surface area contributed by atoms with Crippen molar-refractivity contribution in [3.8, 4) is 17.1 Å². The van der Waals surface area contributed by atoms with E-state index in [4.69, 9.17) is 10.2 Å². The van der Waals surface area contributed by atoms with Gasteiger partial charge in [0.25, 0.3) is 0 Å². The molecule has 25 heavy (non-hydrogen) atoms. The molecule has 0 spiro atoms. The minimum Gasteiger partial charge on any atom is -0.443 e. The Morgan fingerprint density at radius 2 is 2.12 bits per heavy atom. The summed E-state index contributed by atoms with van der Waals surface area (Å²) < 4.78 is 47.0. The maximum Gasteiger partial charge on any atom is 0.573 e. The van der Waals surface area contributed by atoms with Gasteiger partial charge in [-0.25, -0.2) is 4.98 Å². The van der Waals surface area contributed by atoms with Crippen molar-refractivity contribution in [2.45, 2.75) is 32.7 Å². The van der Waals surface area contributed by atoms with Crippen LogP contribution in [0.4, 0.5) is 18.9 Å². The lowest BCUT2D eigenvalue weighted by Gasteiger charge is -2.16. The Morgan fingerprint density at radius 3 is 2.68 bits per heavy atom. The molecule has 6 nitrogen and oxygen atoms in total. The van der Waals surface area contributed by atoms with E-state index in [1.165, 1.54) is 18.3 Å². The number of nitrogens with zero attached hydrogens (tertiary/aromatic N) is 1. The average Bonchev–Trinajstić information content (AvgIpc) is 2.99. The monoisotopic (exact) mass is 357 g/mol. The summed E-state index contributed by atoms with van der Waals surface area (Å²) in [4.78, 5) is 15.7. The molecule has 0 fully saturated rings. The van der Waals surface area contributed by atoms with Crippen LogP contribution in [0, 0.1) is 5.92 Å². The third-order valence-electron chi connectivity index (χ3n) is 3.23. The molecule has 0 radical (unpaired) electrons. The fraction of sp³-hybridized carbons (Fsp3) is 0.375. The lowest BCUT2D eigenvalue weighted by molar-refractivity contribution is -0.274. The second-order valence-corrected chi connectivity index (χ2v) is 5.85. The summed E-state index contributed by atoms with van der Waals surface area (Å²) in [7, 11) is 0. The summed E-state index contributed by atoms with van der Waals surface area (Å²) in [5.41, 5.74) is 5.95. The van der Waals surface area contributed by atoms with Crippen LogP contribution in [0.1, 0.15) is 20.3 Å². The van der Waals surface area contributed by atoms with Crippen LogP contribution in [-0.4, -0.2) is 23.3 Å². The molecule has 2 rings (SSSR count). The molecule has 0 bridgehead atoms. The number of oxazole rings is 1. The van der Waals surface area contributed by atoms with Crippen molar-refractivity contribution in [2.75, 3.05) is 5.32 Å². The van der Waals surface area contributed by atoms with Crippen molar-refractivity contribution in [3.63, 3.8) is 0 Å². The Hall–Kier alpha value is -2.55. The molecule has 0 aliphatic carbocycles. The minimum absolute atomic E-state index is 0.0549. The number of carbonyl (C=O) groups excluding carboxylic acids is 1. The molecule has 1 amide bonds. The van der Waals surface area contributed by atoms with Crippen molar-refractivity contribution in [1.82, 2.24) is 4.98 Å². The Bertz CT molecular complexity index is 715. The van der Waals surface area contributed by atoms with Gasteiger partial charge in [-0.3, -0.25) is 4.79 Å². The van der Waals surface area contributed by atoms with Gasteiger partial charge in [-0.1, -0.05) is 13.8 Å². The Kier molecular flexibility index (Phi) is 5.68. The van der Waals surface area contributed by atoms with Gasteiger partial charge in [0, 0.05) is 11.8 Å². The Morgan fingerprint density at radius 1 is 1.40 bits per heavy atom. The van der Waals surface area contributed by atoms with E-state index < -0.39 is 24.1 Å². The SMILES string of the molecule is CC(C)C[C@@H](N)C(=O)Nc1ccc(-c2cnco2)c(OC(F)(F)F)c1. The van der Waals surface area contributed by atoms with Gasteiger partial charge in [0.05, 0.1) is 17.8 Å². The second kappa shape index (κ2) is 7.56. The molecule has 136 valence electrons. The minimum atomic E-state index is -4.90. The molecule has 1 atom stereocenters. The summed E-state index contributed by atoms with van der Waals surface area (Å²) in [5, 5.41) is 2.49. The average molecular weight is 357 g/mol. The molecule has 0 unspecified atom stereocenters. The molecule has 1 aromatic heterocycles. The highest BCUT2D eigenvalue weighted by molar-refractivity contribution is 5.95. The number of amides is 1. The molecular formula is C16H18F3N3O3. The topological polar surface area (TPSA) is 90.4 Å². The summed E-state index contributed by atoms with van der Waals surface area (Å²) in [5.74, 6) is -0.689. The standard InChI is InChI=1S/C16H18F3N3O3/c1-9(2)5-12(20)15(23)22-10-3-4-11(14-7-21-8-24-14)13(6-10)25-16(17,18)19/h3-4,6-9,12H,5,20H2,1-2H3,(H,22,23)/t12-/m1/s1. The zero-order valence-corrected chi connectivity index (χ0v) is 13.6. The highest BCUT2D eigenvalue weighted by Gasteiger charge is 2.33. The van der Waals surface area contributed by atoms with Gasteiger partial charge in [0.15, 0.2) is 12.2 Å². The van der Waals surface area contributed by atoms with E-state index >= 15 is 0 Å². The summed E-state index contributed by atoms with van der Waals surface area (Å²) >= 11 is 0. The van der Waals surface area contributed by atoms with Crippen LogP contribution in [0.25, 0.3) is 11.3 Å². The van der Waals surface area contributed by atoms with E-state index in [2.05, 4.69) is 15.0 Å². The number of carbonyl (C=O) groups is 1. The summed E-state index contributed by atoms with van der Waals surface area (Å²) in [6, 6.07) is 3.07. The summed E-state index contributed by atoms with van der Waals surface area (Å²) in [6.07, 6.45) is -2.10. The third-order valence-corrected chi connectivity index (χ3v) is 3.23. The van der Waals surface area contributed by atoms with Crippen molar-refractivity contribution >= 4 is 11.6 Å². The zero-order valence-electron chi connectivity index (χ0n) is 13.6. The first-order valence-corrected chi connectivity index (χ1v) is 7.51. The molecule has 2 aromatic rings. The number of nitrogens with one attached hydrogen (secondary N) is 1. The van der Waals surface area contributed by atoms with Gasteiger partial charge in [-0.05, 0) is 24.5 Å². The first-order valence-electron chi connectivity index (χ1n) is 7.51. The van der Waals surface area contributed by atoms with E-state index in [1.807, 2.05) is 13.8 Å². The predicted molar refractivity (Wildman–Crippen MR) is 84.7 cm³/mol. The largest absolute Gasteiger partial charge is 0.573 e. The van der Waals surface area contributed by atoms with Gasteiger partial charge >= 0.3 is 6.36 Å². The molecule has 3 N–H and O–H groups in total. The lowest BCUT2D eigenvalue weighted by atomic mass is 10.0. The molecule has 1 aromatic carbocycles. The molecule has 9 heteroatoms. The van der Waals surface area contributed by atoms with Gasteiger partial charge in [-0.2, -0.15) is 0 Å². The van der Waals surface area contributed by atoms with Gasteiger partial charge in [-0.15, -0.1) is 13.2 Å². The van der Waals surface area contributed by atoms with E-state index in [-0.39, 0.29) is 22.9 Å². The number of rotatable bonds is 6. The number of halogens is 3. The number of aromatic nitrogens is 1. The number of benzene rings is 1. The number of hydrogen-bond acceptors (Lipinski definition) is 5. The Labute approximate surface area is 142 Å². The number of ether oxygens (including phenoxy) is 1. The van der Waals surface area contributed by atoms with E-state index in [0.717, 1.165) is 12.5 Å². The van der Waals surface area contributed by atoms with Crippen LogP contribution >= 0.6 is 0 Å².